The molecule has 0 bridgehead atoms. The Kier molecular flexibility index (Phi) is 5.75. The van der Waals surface area contributed by atoms with E-state index < -0.39 is 0 Å². The van der Waals surface area contributed by atoms with Gasteiger partial charge in [0.15, 0.2) is 0 Å². The Hall–Kier alpha value is -3.28. The molecule has 1 N–H and O–H groups in total. The van der Waals surface area contributed by atoms with Gasteiger partial charge in [0.25, 0.3) is 0 Å². The quantitative estimate of drug-likeness (QED) is 0.316. The van der Waals surface area contributed by atoms with Gasteiger partial charge in [-0.2, -0.15) is 0 Å². The lowest BCUT2D eigenvalue weighted by atomic mass is 9.79. The molecule has 4 aromatic rings. The third kappa shape index (κ3) is 3.99. The summed E-state index contributed by atoms with van der Waals surface area (Å²) in [6.07, 6.45) is 2.33. The Labute approximate surface area is 213 Å². The van der Waals surface area contributed by atoms with Crippen molar-refractivity contribution in [3.05, 3.63) is 106 Å². The summed E-state index contributed by atoms with van der Waals surface area (Å²) in [5, 5.41) is 5.83. The van der Waals surface area contributed by atoms with E-state index >= 15 is 0 Å². The van der Waals surface area contributed by atoms with Crippen LogP contribution in [0.2, 0.25) is 10.0 Å². The molecule has 7 heteroatoms. The fourth-order valence-corrected chi connectivity index (χ4v) is 5.74. The van der Waals surface area contributed by atoms with Gasteiger partial charge in [-0.3, -0.25) is 4.98 Å². The maximum absolute atomic E-state index is 13.3. The molecule has 1 amide bonds. The number of rotatable bonds is 3. The van der Waals surface area contributed by atoms with Crippen LogP contribution in [0.25, 0.3) is 10.9 Å². The number of amides is 1. The van der Waals surface area contributed by atoms with Gasteiger partial charge in [0, 0.05) is 29.6 Å². The predicted molar refractivity (Wildman–Crippen MR) is 139 cm³/mol. The van der Waals surface area contributed by atoms with E-state index in [1.54, 1.807) is 6.20 Å². The van der Waals surface area contributed by atoms with Gasteiger partial charge in [0.1, 0.15) is 6.61 Å². The van der Waals surface area contributed by atoms with Crippen LogP contribution in [0.4, 0.5) is 10.5 Å². The first-order chi connectivity index (χ1) is 17.1. The molecule has 0 aliphatic carbocycles. The minimum absolute atomic E-state index is 0.0539. The molecule has 0 saturated carbocycles. The number of anilines is 1. The third-order valence-corrected chi connectivity index (χ3v) is 7.78. The first kappa shape index (κ1) is 22.2. The monoisotopic (exact) mass is 503 g/mol. The van der Waals surface area contributed by atoms with Crippen LogP contribution in [0, 0.1) is 5.92 Å². The average Bonchev–Trinajstić information content (AvgIpc) is 3.34. The smallest absolute Gasteiger partial charge is 0.410 e. The van der Waals surface area contributed by atoms with E-state index in [0.717, 1.165) is 39.7 Å². The highest BCUT2D eigenvalue weighted by molar-refractivity contribution is 6.42. The van der Waals surface area contributed by atoms with Gasteiger partial charge < -0.3 is 15.0 Å². The molecule has 3 atom stereocenters. The number of halogens is 2. The van der Waals surface area contributed by atoms with E-state index in [-0.39, 0.29) is 30.7 Å². The number of fused-ring (bicyclic) bond motifs is 5. The normalized spacial score (nSPS) is 20.7. The highest BCUT2D eigenvalue weighted by atomic mass is 35.5. The molecule has 5 nitrogen and oxygen atoms in total. The highest BCUT2D eigenvalue weighted by Gasteiger charge is 2.47. The molecule has 1 saturated heterocycles. The van der Waals surface area contributed by atoms with Gasteiger partial charge in [-0.25, -0.2) is 4.79 Å². The number of pyridine rings is 1. The van der Waals surface area contributed by atoms with Crippen molar-refractivity contribution in [2.24, 2.45) is 5.92 Å². The molecule has 2 aliphatic rings. The van der Waals surface area contributed by atoms with Crippen LogP contribution in [0.15, 0.2) is 79.0 Å². The van der Waals surface area contributed by atoms with E-state index in [4.69, 9.17) is 27.9 Å². The number of carbonyl (C=O) groups is 1. The van der Waals surface area contributed by atoms with E-state index in [9.17, 15) is 4.79 Å². The van der Waals surface area contributed by atoms with Crippen molar-refractivity contribution in [2.45, 2.75) is 25.1 Å². The lowest BCUT2D eigenvalue weighted by molar-refractivity contribution is 0.0865. The lowest BCUT2D eigenvalue weighted by Crippen LogP contribution is -2.38. The number of nitrogens with zero attached hydrogens (tertiary/aromatic N) is 2. The molecule has 0 spiro atoms. The van der Waals surface area contributed by atoms with Crippen molar-refractivity contribution in [3.8, 4) is 0 Å². The molecular formula is C28H23Cl2N3O2. The van der Waals surface area contributed by atoms with Crippen molar-refractivity contribution in [1.29, 1.82) is 0 Å². The molecule has 1 aromatic heterocycles. The minimum Gasteiger partial charge on any atom is -0.445 e. The van der Waals surface area contributed by atoms with Crippen molar-refractivity contribution < 1.29 is 9.53 Å². The summed E-state index contributed by atoms with van der Waals surface area (Å²) in [6.45, 7) is 0.857. The van der Waals surface area contributed by atoms with Crippen molar-refractivity contribution in [3.63, 3.8) is 0 Å². The zero-order valence-electron chi connectivity index (χ0n) is 18.8. The zero-order chi connectivity index (χ0) is 23.9. The Morgan fingerprint density at radius 2 is 1.89 bits per heavy atom. The van der Waals surface area contributed by atoms with Crippen LogP contribution < -0.4 is 5.32 Å². The fourth-order valence-electron chi connectivity index (χ4n) is 5.43. The molecule has 0 unspecified atom stereocenters. The summed E-state index contributed by atoms with van der Waals surface area (Å²) in [6, 6.07) is 23.5. The maximum Gasteiger partial charge on any atom is 0.410 e. The van der Waals surface area contributed by atoms with Crippen LogP contribution in [0.1, 0.15) is 35.2 Å². The first-order valence-corrected chi connectivity index (χ1v) is 12.4. The van der Waals surface area contributed by atoms with Gasteiger partial charge in [-0.15, -0.1) is 0 Å². The number of nitrogens with one attached hydrogen (secondary N) is 1. The summed E-state index contributed by atoms with van der Waals surface area (Å²) in [7, 11) is 0. The number of ether oxygens (including phenoxy) is 1. The Morgan fingerprint density at radius 3 is 2.71 bits per heavy atom. The number of carbonyl (C=O) groups excluding carboxylic acids is 1. The summed E-state index contributed by atoms with van der Waals surface area (Å²) in [4.78, 5) is 19.9. The van der Waals surface area contributed by atoms with Crippen LogP contribution in [-0.4, -0.2) is 22.5 Å². The SMILES string of the molecule is O=C(OCc1ccccc1)N1CC[C@H]2[C@@H](c3ccc(Cl)c(Cl)c3)Nc3c(ccc4cccnc34)[C@H]21. The number of benzene rings is 3. The minimum atomic E-state index is -0.303. The molecule has 35 heavy (non-hydrogen) atoms. The molecule has 3 heterocycles. The van der Waals surface area contributed by atoms with Gasteiger partial charge >= 0.3 is 6.09 Å². The second-order valence-electron chi connectivity index (χ2n) is 9.03. The molecule has 6 rings (SSSR count). The molecule has 176 valence electrons. The molecule has 2 aliphatic heterocycles. The fraction of sp³-hybridized carbons (Fsp3) is 0.214. The van der Waals surface area contributed by atoms with Crippen LogP contribution in [0.5, 0.6) is 0 Å². The third-order valence-electron chi connectivity index (χ3n) is 7.04. The van der Waals surface area contributed by atoms with E-state index in [0.29, 0.717) is 16.6 Å². The summed E-state index contributed by atoms with van der Waals surface area (Å²) in [5.74, 6) is 0.144. The number of aromatic nitrogens is 1. The Balaban J connectivity index is 1.40. The number of hydrogen-bond donors (Lipinski definition) is 1. The standard InChI is InChI=1S/C28H23Cl2N3O2/c29-22-11-9-19(15-23(22)30)24-21-12-14-33(28(34)35-16-17-5-2-1-3-6-17)27(21)20-10-8-18-7-4-13-31-25(18)26(20)32-24/h1-11,13,15,21,24,27,32H,12,14,16H2/t21-,24+,27+/m0/s1. The van der Waals surface area contributed by atoms with E-state index in [1.807, 2.05) is 65.6 Å². The summed E-state index contributed by atoms with van der Waals surface area (Å²) < 4.78 is 5.75. The van der Waals surface area contributed by atoms with E-state index in [2.05, 4.69) is 22.4 Å². The average molecular weight is 504 g/mol. The van der Waals surface area contributed by atoms with Gasteiger partial charge in [-0.1, -0.05) is 77.8 Å². The summed E-state index contributed by atoms with van der Waals surface area (Å²) in [5.41, 5.74) is 4.89. The van der Waals surface area contributed by atoms with Crippen molar-refractivity contribution in [1.82, 2.24) is 9.88 Å². The number of hydrogen-bond acceptors (Lipinski definition) is 4. The van der Waals surface area contributed by atoms with Crippen LogP contribution in [0.3, 0.4) is 0 Å². The second kappa shape index (κ2) is 9.06. The maximum atomic E-state index is 13.3. The largest absolute Gasteiger partial charge is 0.445 e. The lowest BCUT2D eigenvalue weighted by Gasteiger charge is -2.40. The van der Waals surface area contributed by atoms with Gasteiger partial charge in [0.05, 0.1) is 33.3 Å². The second-order valence-corrected chi connectivity index (χ2v) is 9.85. The predicted octanol–water partition coefficient (Wildman–Crippen LogP) is 7.41. The van der Waals surface area contributed by atoms with Gasteiger partial charge in [0.2, 0.25) is 0 Å². The van der Waals surface area contributed by atoms with Crippen LogP contribution >= 0.6 is 23.2 Å². The topological polar surface area (TPSA) is 54.5 Å². The molecule has 0 radical (unpaired) electrons. The summed E-state index contributed by atoms with van der Waals surface area (Å²) >= 11 is 12.6. The van der Waals surface area contributed by atoms with Crippen molar-refractivity contribution >= 4 is 45.9 Å². The zero-order valence-corrected chi connectivity index (χ0v) is 20.3. The van der Waals surface area contributed by atoms with Crippen molar-refractivity contribution in [2.75, 3.05) is 11.9 Å². The molecular weight excluding hydrogens is 481 g/mol. The molecule has 3 aromatic carbocycles. The molecule has 1 fully saturated rings. The van der Waals surface area contributed by atoms with Gasteiger partial charge in [-0.05, 0) is 35.7 Å². The number of likely N-dealkylation sites (tertiary alicyclic amines) is 1. The first-order valence-electron chi connectivity index (χ1n) is 11.7. The Morgan fingerprint density at radius 1 is 1.03 bits per heavy atom. The van der Waals surface area contributed by atoms with Crippen LogP contribution in [-0.2, 0) is 11.3 Å². The highest BCUT2D eigenvalue weighted by Crippen LogP contribution is 2.53. The Bertz CT molecular complexity index is 1410. The van der Waals surface area contributed by atoms with E-state index in [1.165, 1.54) is 0 Å².